The molecule has 5 nitrogen and oxygen atoms in total. The lowest BCUT2D eigenvalue weighted by Crippen LogP contribution is -2.33. The topological polar surface area (TPSA) is 40.2 Å². The highest BCUT2D eigenvalue weighted by Crippen LogP contribution is 2.46. The van der Waals surface area contributed by atoms with Gasteiger partial charge >= 0.3 is 0 Å². The molecule has 0 saturated carbocycles. The van der Waals surface area contributed by atoms with Crippen LogP contribution in [-0.4, -0.2) is 45.4 Å². The second kappa shape index (κ2) is 11.5. The van der Waals surface area contributed by atoms with Crippen molar-refractivity contribution in [3.8, 4) is 39.2 Å². The molecule has 0 N–H and O–H groups in total. The lowest BCUT2D eigenvalue weighted by Gasteiger charge is -2.26. The molecule has 0 aliphatic carbocycles. The molecular formula is C29H31NO4S2. The summed E-state index contributed by atoms with van der Waals surface area (Å²) in [5.74, 6) is 3.21. The first-order valence-corrected chi connectivity index (χ1v) is 13.5. The van der Waals surface area contributed by atoms with Gasteiger partial charge in [0, 0.05) is 32.6 Å². The Labute approximate surface area is 222 Å². The molecule has 7 heteroatoms. The summed E-state index contributed by atoms with van der Waals surface area (Å²) in [6, 6.07) is 20.1. The van der Waals surface area contributed by atoms with Gasteiger partial charge in [0.15, 0.2) is 23.0 Å². The molecule has 0 radical (unpaired) electrons. The molecule has 1 aromatic heterocycles. The normalized spacial score (nSPS) is 14.1. The van der Waals surface area contributed by atoms with Crippen LogP contribution in [0.1, 0.15) is 19.3 Å². The van der Waals surface area contributed by atoms with Crippen LogP contribution in [0, 0.1) is 0 Å². The molecule has 188 valence electrons. The van der Waals surface area contributed by atoms with E-state index in [1.165, 1.54) is 29.3 Å². The first kappa shape index (κ1) is 24.8. The molecule has 1 aliphatic heterocycles. The smallest absolute Gasteiger partial charge is 0.170 e. The second-order valence-corrected chi connectivity index (χ2v) is 10.4. The van der Waals surface area contributed by atoms with Crippen LogP contribution >= 0.6 is 24.0 Å². The average molecular weight is 522 g/mol. The lowest BCUT2D eigenvalue weighted by atomic mass is 10.1. The molecule has 0 bridgehead atoms. The van der Waals surface area contributed by atoms with Crippen molar-refractivity contribution in [3.05, 3.63) is 60.7 Å². The summed E-state index contributed by atoms with van der Waals surface area (Å²) in [6.07, 6.45) is 3.85. The van der Waals surface area contributed by atoms with E-state index in [2.05, 4.69) is 47.9 Å². The summed E-state index contributed by atoms with van der Waals surface area (Å²) in [4.78, 5) is 4.38. The van der Waals surface area contributed by atoms with Crippen molar-refractivity contribution in [1.29, 1.82) is 0 Å². The molecule has 5 rings (SSSR count). The van der Waals surface area contributed by atoms with Crippen LogP contribution < -0.4 is 18.9 Å². The van der Waals surface area contributed by atoms with Gasteiger partial charge in [0.1, 0.15) is 12.4 Å². The largest absolute Gasteiger partial charge is 0.496 e. The number of hydrogen-bond donors (Lipinski definition) is 1. The molecule has 36 heavy (non-hydrogen) atoms. The van der Waals surface area contributed by atoms with E-state index in [0.717, 1.165) is 40.7 Å². The van der Waals surface area contributed by atoms with E-state index >= 15 is 0 Å². The fourth-order valence-electron chi connectivity index (χ4n) is 4.54. The quantitative estimate of drug-likeness (QED) is 0.231. The van der Waals surface area contributed by atoms with Gasteiger partial charge in [-0.25, -0.2) is 0 Å². The van der Waals surface area contributed by atoms with Gasteiger partial charge in [0.25, 0.3) is 0 Å². The van der Waals surface area contributed by atoms with Gasteiger partial charge in [0.05, 0.1) is 14.2 Å². The van der Waals surface area contributed by atoms with E-state index in [0.29, 0.717) is 29.6 Å². The predicted octanol–water partition coefficient (Wildman–Crippen LogP) is 7.53. The number of hydrogen-bond acceptors (Lipinski definition) is 7. The molecule has 1 saturated heterocycles. The zero-order valence-corrected chi connectivity index (χ0v) is 22.4. The van der Waals surface area contributed by atoms with Crippen molar-refractivity contribution < 1.29 is 18.9 Å². The SMILES string of the molecule is COc1cc(OC)c(-c2cc3ccccc3s2)cc1Oc1ccc(S)cc1OCCN1CCCCC1. The van der Waals surface area contributed by atoms with Crippen molar-refractivity contribution in [2.75, 3.05) is 40.5 Å². The zero-order valence-electron chi connectivity index (χ0n) is 20.7. The maximum absolute atomic E-state index is 6.42. The molecule has 1 aliphatic rings. The second-order valence-electron chi connectivity index (χ2n) is 8.84. The minimum absolute atomic E-state index is 0.589. The standard InChI is InChI=1S/C29H31NO4S2/c1-31-24-19-25(32-2)27(18-22(24)29-16-20-8-4-5-9-28(20)36-29)34-23-11-10-21(35)17-26(23)33-15-14-30-12-6-3-7-13-30/h4-5,8-11,16-19,35H,3,6-7,12-15H2,1-2H3. The summed E-state index contributed by atoms with van der Waals surface area (Å²) < 4.78 is 25.2. The van der Waals surface area contributed by atoms with Crippen LogP contribution in [0.3, 0.4) is 0 Å². The maximum atomic E-state index is 6.42. The van der Waals surface area contributed by atoms with Gasteiger partial charge in [-0.2, -0.15) is 0 Å². The Kier molecular flexibility index (Phi) is 7.90. The highest BCUT2D eigenvalue weighted by atomic mass is 32.1. The van der Waals surface area contributed by atoms with Crippen LogP contribution in [0.2, 0.25) is 0 Å². The van der Waals surface area contributed by atoms with E-state index < -0.39 is 0 Å². The number of likely N-dealkylation sites (tertiary alicyclic amines) is 1. The minimum atomic E-state index is 0.589. The summed E-state index contributed by atoms with van der Waals surface area (Å²) in [6.45, 7) is 3.78. The molecule has 2 heterocycles. The minimum Gasteiger partial charge on any atom is -0.496 e. The van der Waals surface area contributed by atoms with Crippen LogP contribution in [0.5, 0.6) is 28.7 Å². The first-order chi connectivity index (χ1) is 17.6. The molecule has 4 aromatic rings. The summed E-state index contributed by atoms with van der Waals surface area (Å²) >= 11 is 6.24. The van der Waals surface area contributed by atoms with E-state index in [1.807, 2.05) is 30.3 Å². The number of rotatable bonds is 9. The number of piperidine rings is 1. The highest BCUT2D eigenvalue weighted by Gasteiger charge is 2.18. The molecule has 1 fully saturated rings. The van der Waals surface area contributed by atoms with Crippen molar-refractivity contribution in [1.82, 2.24) is 4.90 Å². The molecule has 0 amide bonds. The maximum Gasteiger partial charge on any atom is 0.170 e. The van der Waals surface area contributed by atoms with Crippen molar-refractivity contribution >= 4 is 34.1 Å². The number of thiol groups is 1. The molecule has 0 unspecified atom stereocenters. The Morgan fingerprint density at radius 1 is 0.806 bits per heavy atom. The monoisotopic (exact) mass is 521 g/mol. The van der Waals surface area contributed by atoms with Crippen LogP contribution in [-0.2, 0) is 0 Å². The van der Waals surface area contributed by atoms with Gasteiger partial charge < -0.3 is 18.9 Å². The van der Waals surface area contributed by atoms with Gasteiger partial charge in [-0.05, 0) is 67.7 Å². The number of thiophene rings is 1. The molecule has 0 atom stereocenters. The Hall–Kier alpha value is -2.87. The third-order valence-corrected chi connectivity index (χ3v) is 7.87. The van der Waals surface area contributed by atoms with Crippen LogP contribution in [0.25, 0.3) is 20.5 Å². The zero-order chi connectivity index (χ0) is 24.9. The third-order valence-electron chi connectivity index (χ3n) is 6.44. The van der Waals surface area contributed by atoms with Gasteiger partial charge in [0.2, 0.25) is 0 Å². The van der Waals surface area contributed by atoms with Crippen molar-refractivity contribution in [2.24, 2.45) is 0 Å². The van der Waals surface area contributed by atoms with Gasteiger partial charge in [-0.15, -0.1) is 24.0 Å². The Bertz CT molecular complexity index is 1300. The van der Waals surface area contributed by atoms with E-state index in [-0.39, 0.29) is 0 Å². The van der Waals surface area contributed by atoms with Crippen LogP contribution in [0.4, 0.5) is 0 Å². The Morgan fingerprint density at radius 3 is 2.39 bits per heavy atom. The third kappa shape index (κ3) is 5.59. The Balaban J connectivity index is 1.43. The van der Waals surface area contributed by atoms with Crippen LogP contribution in [0.15, 0.2) is 65.6 Å². The molecular weight excluding hydrogens is 490 g/mol. The summed E-state index contributed by atoms with van der Waals surface area (Å²) in [7, 11) is 3.30. The number of ether oxygens (including phenoxy) is 4. The summed E-state index contributed by atoms with van der Waals surface area (Å²) in [5.41, 5.74) is 0.952. The van der Waals surface area contributed by atoms with Gasteiger partial charge in [-0.1, -0.05) is 24.6 Å². The molecule has 0 spiro atoms. The highest BCUT2D eigenvalue weighted by molar-refractivity contribution is 7.80. The number of methoxy groups -OCH3 is 2. The van der Waals surface area contributed by atoms with Crippen molar-refractivity contribution in [3.63, 3.8) is 0 Å². The fourth-order valence-corrected chi connectivity index (χ4v) is 5.81. The number of nitrogens with zero attached hydrogens (tertiary/aromatic N) is 1. The van der Waals surface area contributed by atoms with Gasteiger partial charge in [-0.3, -0.25) is 4.90 Å². The fraction of sp³-hybridized carbons (Fsp3) is 0.310. The first-order valence-electron chi connectivity index (χ1n) is 12.3. The van der Waals surface area contributed by atoms with E-state index in [1.54, 1.807) is 25.6 Å². The number of fused-ring (bicyclic) bond motifs is 1. The van der Waals surface area contributed by atoms with Crippen molar-refractivity contribution in [2.45, 2.75) is 24.2 Å². The van der Waals surface area contributed by atoms with E-state index in [9.17, 15) is 0 Å². The number of benzene rings is 3. The summed E-state index contributed by atoms with van der Waals surface area (Å²) in [5, 5.41) is 1.20. The Morgan fingerprint density at radius 2 is 1.61 bits per heavy atom. The molecule has 3 aromatic carbocycles. The predicted molar refractivity (Wildman–Crippen MR) is 150 cm³/mol. The van der Waals surface area contributed by atoms with E-state index in [4.69, 9.17) is 18.9 Å². The lowest BCUT2D eigenvalue weighted by molar-refractivity contribution is 0.181. The average Bonchev–Trinajstić information content (AvgIpc) is 3.34.